The van der Waals surface area contributed by atoms with E-state index in [-0.39, 0.29) is 35.6 Å². The van der Waals surface area contributed by atoms with Crippen LogP contribution in [-0.4, -0.2) is 42.5 Å². The van der Waals surface area contributed by atoms with Crippen LogP contribution in [0.4, 0.5) is 4.39 Å². The number of hydrogen-bond acceptors (Lipinski definition) is 4. The van der Waals surface area contributed by atoms with Crippen LogP contribution in [0.5, 0.6) is 5.75 Å². The summed E-state index contributed by atoms with van der Waals surface area (Å²) in [5.41, 5.74) is 0.329. The summed E-state index contributed by atoms with van der Waals surface area (Å²) in [7, 11) is 1.39. The summed E-state index contributed by atoms with van der Waals surface area (Å²) in [6.45, 7) is 0.590. The number of methoxy groups -OCH3 is 1. The van der Waals surface area contributed by atoms with Gasteiger partial charge in [0.15, 0.2) is 11.6 Å². The molecule has 3 atom stereocenters. The average Bonchev–Trinajstić information content (AvgIpc) is 3.37. The Kier molecular flexibility index (Phi) is 4.40. The lowest BCUT2D eigenvalue weighted by Crippen LogP contribution is -2.47. The number of piperidine rings is 1. The molecular formula is C19H19FN2O3S. The quantitative estimate of drug-likeness (QED) is 0.895. The minimum absolute atomic E-state index is 0.0485. The Balaban J connectivity index is 1.41. The second-order valence-corrected chi connectivity index (χ2v) is 7.70. The van der Waals surface area contributed by atoms with E-state index in [9.17, 15) is 14.0 Å². The van der Waals surface area contributed by atoms with E-state index in [1.54, 1.807) is 17.0 Å². The van der Waals surface area contributed by atoms with Gasteiger partial charge in [0, 0.05) is 24.2 Å². The first-order valence-corrected chi connectivity index (χ1v) is 9.43. The highest BCUT2D eigenvalue weighted by Crippen LogP contribution is 2.39. The summed E-state index contributed by atoms with van der Waals surface area (Å²) in [6, 6.07) is 8.13. The van der Waals surface area contributed by atoms with Gasteiger partial charge in [0.1, 0.15) is 0 Å². The van der Waals surface area contributed by atoms with Crippen molar-refractivity contribution >= 4 is 23.2 Å². The van der Waals surface area contributed by atoms with Crippen molar-refractivity contribution in [1.29, 1.82) is 0 Å². The molecule has 136 valence electrons. The van der Waals surface area contributed by atoms with Crippen LogP contribution in [0.2, 0.25) is 0 Å². The number of likely N-dealkylation sites (tertiary alicyclic amines) is 1. The minimum atomic E-state index is -0.538. The average molecular weight is 374 g/mol. The maximum absolute atomic E-state index is 13.9. The topological polar surface area (TPSA) is 58.6 Å². The Hall–Kier alpha value is -2.41. The molecule has 2 bridgehead atoms. The van der Waals surface area contributed by atoms with Crippen LogP contribution in [0.3, 0.4) is 0 Å². The molecule has 5 nitrogen and oxygen atoms in total. The summed E-state index contributed by atoms with van der Waals surface area (Å²) < 4.78 is 18.8. The van der Waals surface area contributed by atoms with Gasteiger partial charge in [0.2, 0.25) is 0 Å². The van der Waals surface area contributed by atoms with Crippen LogP contribution in [0.1, 0.15) is 32.9 Å². The molecule has 0 spiro atoms. The number of rotatable bonds is 4. The van der Waals surface area contributed by atoms with Crippen LogP contribution >= 0.6 is 11.3 Å². The smallest absolute Gasteiger partial charge is 0.261 e. The molecule has 3 unspecified atom stereocenters. The zero-order chi connectivity index (χ0) is 18.3. The molecule has 0 radical (unpaired) electrons. The Labute approximate surface area is 154 Å². The first-order chi connectivity index (χ1) is 12.6. The van der Waals surface area contributed by atoms with Crippen molar-refractivity contribution in [2.75, 3.05) is 13.7 Å². The van der Waals surface area contributed by atoms with E-state index in [4.69, 9.17) is 4.74 Å². The third-order valence-corrected chi connectivity index (χ3v) is 6.13. The van der Waals surface area contributed by atoms with E-state index in [1.807, 2.05) is 11.4 Å². The number of amides is 2. The fourth-order valence-corrected chi connectivity index (χ4v) is 4.62. The van der Waals surface area contributed by atoms with Gasteiger partial charge in [-0.2, -0.15) is 0 Å². The highest BCUT2D eigenvalue weighted by molar-refractivity contribution is 7.12. The third-order valence-electron chi connectivity index (χ3n) is 5.26. The molecule has 2 aliphatic rings. The normalized spacial score (nSPS) is 23.9. The molecule has 1 aliphatic carbocycles. The number of nitrogens with zero attached hydrogens (tertiary/aromatic N) is 1. The first kappa shape index (κ1) is 17.0. The maximum Gasteiger partial charge on any atom is 0.261 e. The summed E-state index contributed by atoms with van der Waals surface area (Å²) in [4.78, 5) is 27.5. The number of carbonyl (C=O) groups excluding carboxylic acids is 2. The van der Waals surface area contributed by atoms with E-state index in [0.29, 0.717) is 17.0 Å². The molecule has 4 rings (SSSR count). The van der Waals surface area contributed by atoms with Gasteiger partial charge in [0.25, 0.3) is 11.8 Å². The standard InChI is InChI=1S/C19H19FN2O3S/c1-25-16-5-4-11(8-14(16)20)19(24)22-10-12-7-13(22)9-15(12)21-18(23)17-3-2-6-26-17/h2-6,8,12-13,15H,7,9-10H2,1H3,(H,21,23). The Morgan fingerprint density at radius 3 is 2.77 bits per heavy atom. The lowest BCUT2D eigenvalue weighted by Gasteiger charge is -2.32. The fourth-order valence-electron chi connectivity index (χ4n) is 3.99. The molecule has 1 aromatic carbocycles. The van der Waals surface area contributed by atoms with Crippen molar-refractivity contribution in [1.82, 2.24) is 10.2 Å². The number of fused-ring (bicyclic) bond motifs is 2. The van der Waals surface area contributed by atoms with Gasteiger partial charge in [0.05, 0.1) is 12.0 Å². The number of halogens is 1. The van der Waals surface area contributed by atoms with Gasteiger partial charge in [-0.15, -0.1) is 11.3 Å². The Morgan fingerprint density at radius 2 is 2.15 bits per heavy atom. The molecule has 1 aromatic heterocycles. The number of hydrogen-bond donors (Lipinski definition) is 1. The number of thiophene rings is 1. The van der Waals surface area contributed by atoms with E-state index in [0.717, 1.165) is 12.8 Å². The number of carbonyl (C=O) groups is 2. The number of benzene rings is 1. The molecule has 26 heavy (non-hydrogen) atoms. The molecule has 1 N–H and O–H groups in total. The zero-order valence-electron chi connectivity index (χ0n) is 14.3. The van der Waals surface area contributed by atoms with Crippen LogP contribution in [0, 0.1) is 11.7 Å². The van der Waals surface area contributed by atoms with Crippen LogP contribution in [-0.2, 0) is 0 Å². The van der Waals surface area contributed by atoms with Gasteiger partial charge in [-0.25, -0.2) is 4.39 Å². The van der Waals surface area contributed by atoms with E-state index < -0.39 is 5.82 Å². The third kappa shape index (κ3) is 2.96. The van der Waals surface area contributed by atoms with E-state index >= 15 is 0 Å². The molecular weight excluding hydrogens is 355 g/mol. The summed E-state index contributed by atoms with van der Waals surface area (Å²) >= 11 is 1.42. The lowest BCUT2D eigenvalue weighted by atomic mass is 10.0. The Bertz CT molecular complexity index is 839. The predicted octanol–water partition coefficient (Wildman–Crippen LogP) is 2.93. The van der Waals surface area contributed by atoms with Crippen molar-refractivity contribution in [2.24, 2.45) is 5.92 Å². The van der Waals surface area contributed by atoms with Gasteiger partial charge in [-0.1, -0.05) is 6.07 Å². The molecule has 7 heteroatoms. The van der Waals surface area contributed by atoms with Crippen molar-refractivity contribution < 1.29 is 18.7 Å². The number of nitrogens with one attached hydrogen (secondary N) is 1. The SMILES string of the molecule is COc1ccc(C(=O)N2CC3CC2CC3NC(=O)c2cccs2)cc1F. The van der Waals surface area contributed by atoms with Crippen LogP contribution in [0.25, 0.3) is 0 Å². The molecule has 1 aliphatic heterocycles. The highest BCUT2D eigenvalue weighted by atomic mass is 32.1. The molecule has 1 saturated heterocycles. The number of ether oxygens (including phenoxy) is 1. The molecule has 1 saturated carbocycles. The van der Waals surface area contributed by atoms with E-state index in [1.165, 1.54) is 30.6 Å². The van der Waals surface area contributed by atoms with Crippen molar-refractivity contribution in [3.05, 3.63) is 52.0 Å². The van der Waals surface area contributed by atoms with Gasteiger partial charge >= 0.3 is 0 Å². The van der Waals surface area contributed by atoms with Crippen molar-refractivity contribution in [3.8, 4) is 5.75 Å². The van der Waals surface area contributed by atoms with Crippen molar-refractivity contribution in [2.45, 2.75) is 24.9 Å². The largest absolute Gasteiger partial charge is 0.494 e. The maximum atomic E-state index is 13.9. The summed E-state index contributed by atoms with van der Waals surface area (Å²) in [5.74, 6) is -0.379. The minimum Gasteiger partial charge on any atom is -0.494 e. The highest BCUT2D eigenvalue weighted by Gasteiger charge is 2.47. The second-order valence-electron chi connectivity index (χ2n) is 6.75. The molecule has 2 fully saturated rings. The molecule has 2 aromatic rings. The molecule has 2 amide bonds. The van der Waals surface area contributed by atoms with E-state index in [2.05, 4.69) is 5.32 Å². The summed E-state index contributed by atoms with van der Waals surface area (Å²) in [6.07, 6.45) is 1.62. The first-order valence-electron chi connectivity index (χ1n) is 8.55. The second kappa shape index (κ2) is 6.72. The van der Waals surface area contributed by atoms with Crippen molar-refractivity contribution in [3.63, 3.8) is 0 Å². The lowest BCUT2D eigenvalue weighted by molar-refractivity contribution is 0.0679. The van der Waals surface area contributed by atoms with Gasteiger partial charge in [-0.05, 0) is 48.4 Å². The Morgan fingerprint density at radius 1 is 1.31 bits per heavy atom. The van der Waals surface area contributed by atoms with Gasteiger partial charge in [-0.3, -0.25) is 9.59 Å². The van der Waals surface area contributed by atoms with Crippen LogP contribution < -0.4 is 10.1 Å². The summed E-state index contributed by atoms with van der Waals surface area (Å²) in [5, 5.41) is 4.97. The van der Waals surface area contributed by atoms with Crippen LogP contribution in [0.15, 0.2) is 35.7 Å². The fraction of sp³-hybridized carbons (Fsp3) is 0.368. The monoisotopic (exact) mass is 374 g/mol. The van der Waals surface area contributed by atoms with Gasteiger partial charge < -0.3 is 15.0 Å². The molecule has 2 heterocycles. The zero-order valence-corrected chi connectivity index (χ0v) is 15.1. The predicted molar refractivity (Wildman–Crippen MR) is 96.1 cm³/mol.